The maximum atomic E-state index is 10.7. The highest BCUT2D eigenvalue weighted by atomic mass is 16.4. The van der Waals surface area contributed by atoms with Gasteiger partial charge in [-0.15, -0.1) is 0 Å². The Kier molecular flexibility index (Phi) is 5.47. The third-order valence-electron chi connectivity index (χ3n) is 3.01. The van der Waals surface area contributed by atoms with E-state index >= 15 is 0 Å². The van der Waals surface area contributed by atoms with Crippen LogP contribution in [0.5, 0.6) is 0 Å². The van der Waals surface area contributed by atoms with Gasteiger partial charge in [-0.1, -0.05) is 6.92 Å². The number of aliphatic carboxylic acids is 1. The fourth-order valence-corrected chi connectivity index (χ4v) is 1.86. The van der Waals surface area contributed by atoms with Gasteiger partial charge in [0, 0.05) is 18.6 Å². The zero-order chi connectivity index (χ0) is 14.5. The van der Waals surface area contributed by atoms with E-state index in [-0.39, 0.29) is 12.0 Å². The molecule has 0 atom stereocenters. The standard InChI is InChI=1S/C13H24N4O2/c1-5-7-17-11(14-10-15-17)9-16(13(2,3)4)8-6-12(18)19/h10H,5-9H2,1-4H3,(H,18,19). The molecule has 1 heterocycles. The smallest absolute Gasteiger partial charge is 0.304 e. The molecule has 0 spiro atoms. The van der Waals surface area contributed by atoms with Crippen molar-refractivity contribution in [3.63, 3.8) is 0 Å². The zero-order valence-electron chi connectivity index (χ0n) is 12.3. The fraction of sp³-hybridized carbons (Fsp3) is 0.769. The molecular formula is C13H24N4O2. The molecule has 0 aliphatic rings. The third-order valence-corrected chi connectivity index (χ3v) is 3.01. The van der Waals surface area contributed by atoms with E-state index < -0.39 is 5.97 Å². The molecule has 0 amide bonds. The van der Waals surface area contributed by atoms with Gasteiger partial charge in [0.15, 0.2) is 0 Å². The number of carboxylic acids is 1. The van der Waals surface area contributed by atoms with E-state index in [1.54, 1.807) is 6.33 Å². The first kappa shape index (κ1) is 15.6. The van der Waals surface area contributed by atoms with Crippen molar-refractivity contribution in [2.45, 2.75) is 59.2 Å². The molecule has 108 valence electrons. The van der Waals surface area contributed by atoms with Gasteiger partial charge in [-0.05, 0) is 27.2 Å². The van der Waals surface area contributed by atoms with Gasteiger partial charge in [-0.3, -0.25) is 9.69 Å². The Hall–Kier alpha value is -1.43. The molecular weight excluding hydrogens is 244 g/mol. The van der Waals surface area contributed by atoms with Gasteiger partial charge < -0.3 is 5.11 Å². The summed E-state index contributed by atoms with van der Waals surface area (Å²) in [6, 6.07) is 0. The summed E-state index contributed by atoms with van der Waals surface area (Å²) in [6.07, 6.45) is 2.70. The van der Waals surface area contributed by atoms with Crippen LogP contribution in [-0.4, -0.2) is 42.8 Å². The number of carboxylic acid groups (broad SMARTS) is 1. The lowest BCUT2D eigenvalue weighted by molar-refractivity contribution is -0.137. The average molecular weight is 268 g/mol. The molecule has 0 aliphatic heterocycles. The average Bonchev–Trinajstić information content (AvgIpc) is 2.70. The van der Waals surface area contributed by atoms with Crippen LogP contribution >= 0.6 is 0 Å². The highest BCUT2D eigenvalue weighted by Crippen LogP contribution is 2.16. The molecule has 0 aliphatic carbocycles. The zero-order valence-corrected chi connectivity index (χ0v) is 12.3. The molecule has 0 aromatic carbocycles. The number of aryl methyl sites for hydroxylation is 1. The first-order chi connectivity index (χ1) is 8.84. The van der Waals surface area contributed by atoms with Crippen LogP contribution in [0.15, 0.2) is 6.33 Å². The highest BCUT2D eigenvalue weighted by Gasteiger charge is 2.23. The summed E-state index contributed by atoms with van der Waals surface area (Å²) in [5.41, 5.74) is -0.0988. The minimum Gasteiger partial charge on any atom is -0.481 e. The van der Waals surface area contributed by atoms with E-state index in [4.69, 9.17) is 5.11 Å². The predicted molar refractivity (Wildman–Crippen MR) is 72.7 cm³/mol. The summed E-state index contributed by atoms with van der Waals surface area (Å²) < 4.78 is 1.89. The van der Waals surface area contributed by atoms with Crippen LogP contribution in [0.3, 0.4) is 0 Å². The van der Waals surface area contributed by atoms with E-state index in [0.717, 1.165) is 18.8 Å². The topological polar surface area (TPSA) is 71.2 Å². The second kappa shape index (κ2) is 6.65. The molecule has 19 heavy (non-hydrogen) atoms. The lowest BCUT2D eigenvalue weighted by Gasteiger charge is -2.34. The highest BCUT2D eigenvalue weighted by molar-refractivity contribution is 5.66. The van der Waals surface area contributed by atoms with Crippen molar-refractivity contribution in [3.8, 4) is 0 Å². The van der Waals surface area contributed by atoms with Gasteiger partial charge in [-0.25, -0.2) is 9.67 Å². The maximum Gasteiger partial charge on any atom is 0.304 e. The number of hydrogen-bond acceptors (Lipinski definition) is 4. The van der Waals surface area contributed by atoms with Gasteiger partial charge in [0.2, 0.25) is 0 Å². The van der Waals surface area contributed by atoms with Crippen molar-refractivity contribution in [1.82, 2.24) is 19.7 Å². The molecule has 1 N–H and O–H groups in total. The Morgan fingerprint density at radius 3 is 2.68 bits per heavy atom. The van der Waals surface area contributed by atoms with Crippen LogP contribution in [0.2, 0.25) is 0 Å². The van der Waals surface area contributed by atoms with E-state index in [2.05, 4.69) is 42.7 Å². The van der Waals surface area contributed by atoms with Crippen LogP contribution in [0.4, 0.5) is 0 Å². The minimum absolute atomic E-state index is 0.0988. The van der Waals surface area contributed by atoms with Crippen molar-refractivity contribution < 1.29 is 9.90 Å². The Balaban J connectivity index is 2.76. The first-order valence-electron chi connectivity index (χ1n) is 6.68. The number of rotatable bonds is 7. The molecule has 0 unspecified atom stereocenters. The minimum atomic E-state index is -0.774. The summed E-state index contributed by atoms with van der Waals surface area (Å²) >= 11 is 0. The van der Waals surface area contributed by atoms with Crippen molar-refractivity contribution in [2.75, 3.05) is 6.54 Å². The largest absolute Gasteiger partial charge is 0.481 e. The fourth-order valence-electron chi connectivity index (χ4n) is 1.86. The van der Waals surface area contributed by atoms with Crippen LogP contribution in [0.1, 0.15) is 46.4 Å². The molecule has 0 fully saturated rings. The third kappa shape index (κ3) is 4.98. The monoisotopic (exact) mass is 268 g/mol. The molecule has 1 rings (SSSR count). The first-order valence-corrected chi connectivity index (χ1v) is 6.68. The van der Waals surface area contributed by atoms with Gasteiger partial charge in [0.1, 0.15) is 12.2 Å². The predicted octanol–water partition coefficient (Wildman–Crippen LogP) is 1.76. The Morgan fingerprint density at radius 2 is 2.16 bits per heavy atom. The lowest BCUT2D eigenvalue weighted by atomic mass is 10.1. The second-order valence-electron chi connectivity index (χ2n) is 5.64. The molecule has 0 saturated carbocycles. The van der Waals surface area contributed by atoms with Gasteiger partial charge in [0.05, 0.1) is 13.0 Å². The number of hydrogen-bond donors (Lipinski definition) is 1. The quantitative estimate of drug-likeness (QED) is 0.816. The molecule has 0 saturated heterocycles. The normalized spacial score (nSPS) is 12.1. The van der Waals surface area contributed by atoms with Crippen molar-refractivity contribution in [1.29, 1.82) is 0 Å². The molecule has 1 aromatic heterocycles. The molecule has 1 aromatic rings. The van der Waals surface area contributed by atoms with E-state index in [0.29, 0.717) is 13.1 Å². The van der Waals surface area contributed by atoms with E-state index in [9.17, 15) is 4.79 Å². The summed E-state index contributed by atoms with van der Waals surface area (Å²) in [7, 11) is 0. The molecule has 6 heteroatoms. The maximum absolute atomic E-state index is 10.7. The van der Waals surface area contributed by atoms with Gasteiger partial charge in [0.25, 0.3) is 0 Å². The van der Waals surface area contributed by atoms with Crippen LogP contribution in [-0.2, 0) is 17.9 Å². The van der Waals surface area contributed by atoms with Crippen LogP contribution < -0.4 is 0 Å². The van der Waals surface area contributed by atoms with Crippen molar-refractivity contribution >= 4 is 5.97 Å². The second-order valence-corrected chi connectivity index (χ2v) is 5.64. The Morgan fingerprint density at radius 1 is 1.47 bits per heavy atom. The Bertz CT molecular complexity index is 409. The van der Waals surface area contributed by atoms with Gasteiger partial charge >= 0.3 is 5.97 Å². The summed E-state index contributed by atoms with van der Waals surface area (Å²) in [6.45, 7) is 10.3. The number of carbonyl (C=O) groups is 1. The number of aromatic nitrogens is 3. The summed E-state index contributed by atoms with van der Waals surface area (Å²) in [5, 5.41) is 13.0. The van der Waals surface area contributed by atoms with Gasteiger partial charge in [-0.2, -0.15) is 5.10 Å². The van der Waals surface area contributed by atoms with Crippen molar-refractivity contribution in [2.24, 2.45) is 0 Å². The van der Waals surface area contributed by atoms with E-state index in [1.165, 1.54) is 0 Å². The molecule has 0 radical (unpaired) electrons. The van der Waals surface area contributed by atoms with Crippen LogP contribution in [0, 0.1) is 0 Å². The van der Waals surface area contributed by atoms with E-state index in [1.807, 2.05) is 4.68 Å². The molecule has 6 nitrogen and oxygen atoms in total. The SMILES string of the molecule is CCCn1ncnc1CN(CCC(=O)O)C(C)(C)C. The number of nitrogens with zero attached hydrogens (tertiary/aromatic N) is 4. The summed E-state index contributed by atoms with van der Waals surface area (Å²) in [5.74, 6) is 0.117. The Labute approximate surface area is 114 Å². The molecule has 0 bridgehead atoms. The van der Waals surface area contributed by atoms with Crippen molar-refractivity contribution in [3.05, 3.63) is 12.2 Å². The van der Waals surface area contributed by atoms with Crippen LogP contribution in [0.25, 0.3) is 0 Å². The summed E-state index contributed by atoms with van der Waals surface area (Å²) in [4.78, 5) is 17.1. The lowest BCUT2D eigenvalue weighted by Crippen LogP contribution is -2.42.